The molecule has 3 rings (SSSR count). The van der Waals surface area contributed by atoms with Gasteiger partial charge in [-0.25, -0.2) is 4.79 Å². The lowest BCUT2D eigenvalue weighted by molar-refractivity contribution is -0.141. The zero-order valence-corrected chi connectivity index (χ0v) is 14.3. The number of hydrogen-bond acceptors (Lipinski definition) is 2. The van der Waals surface area contributed by atoms with Gasteiger partial charge in [-0.05, 0) is 30.9 Å². The number of hydrogen-bond donors (Lipinski definition) is 1. The van der Waals surface area contributed by atoms with Crippen molar-refractivity contribution in [2.45, 2.75) is 51.9 Å². The fourth-order valence-electron chi connectivity index (χ4n) is 4.24. The van der Waals surface area contributed by atoms with Gasteiger partial charge in [0.25, 0.3) is 5.56 Å². The molecule has 1 aliphatic heterocycles. The molecule has 0 radical (unpaired) electrons. The lowest BCUT2D eigenvalue weighted by Gasteiger charge is -2.63. The van der Waals surface area contributed by atoms with E-state index in [9.17, 15) is 22.8 Å². The number of halogens is 3. The Kier molecular flexibility index (Phi) is 4.33. The van der Waals surface area contributed by atoms with Gasteiger partial charge < -0.3 is 14.8 Å². The molecule has 1 aromatic rings. The van der Waals surface area contributed by atoms with E-state index in [0.717, 1.165) is 19.0 Å². The molecule has 2 amide bonds. The van der Waals surface area contributed by atoms with E-state index in [0.29, 0.717) is 11.1 Å². The number of nitrogens with one attached hydrogen (secondary N) is 1. The molecule has 8 heteroatoms. The van der Waals surface area contributed by atoms with Crippen molar-refractivity contribution in [3.63, 3.8) is 0 Å². The van der Waals surface area contributed by atoms with Gasteiger partial charge in [-0.15, -0.1) is 0 Å². The standard InChI is InChI=1S/C17H22F3N3O2/c1-11(2)13-16(6-4-7-16)9-23(13)15(25)21-12-5-3-8-22(14(12)24)10-17(18,19)20/h3,5,8,11,13H,4,6-7,9-10H2,1-2H3,(H,21,25). The fourth-order valence-corrected chi connectivity index (χ4v) is 4.24. The highest BCUT2D eigenvalue weighted by atomic mass is 19.4. The molecule has 1 saturated heterocycles. The molecular weight excluding hydrogens is 335 g/mol. The highest BCUT2D eigenvalue weighted by molar-refractivity contribution is 5.90. The number of carbonyl (C=O) groups excluding carboxylic acids is 1. The first-order chi connectivity index (χ1) is 11.6. The van der Waals surface area contributed by atoms with Gasteiger partial charge in [-0.1, -0.05) is 20.3 Å². The second-order valence-corrected chi connectivity index (χ2v) is 7.43. The Bertz CT molecular complexity index is 723. The highest BCUT2D eigenvalue weighted by Gasteiger charge is 2.58. The first kappa shape index (κ1) is 17.8. The topological polar surface area (TPSA) is 54.3 Å². The molecule has 0 bridgehead atoms. The number of anilines is 1. The summed E-state index contributed by atoms with van der Waals surface area (Å²) in [6.45, 7) is 3.38. The van der Waals surface area contributed by atoms with E-state index < -0.39 is 24.3 Å². The van der Waals surface area contributed by atoms with Gasteiger partial charge in [0, 0.05) is 24.2 Å². The number of likely N-dealkylation sites (tertiary alicyclic amines) is 1. The molecule has 1 saturated carbocycles. The Labute approximate surface area is 143 Å². The average Bonchev–Trinajstić information content (AvgIpc) is 2.38. The zero-order valence-electron chi connectivity index (χ0n) is 14.3. The van der Waals surface area contributed by atoms with Gasteiger partial charge in [0.15, 0.2) is 0 Å². The van der Waals surface area contributed by atoms with Gasteiger partial charge in [-0.2, -0.15) is 13.2 Å². The van der Waals surface area contributed by atoms with E-state index in [2.05, 4.69) is 19.2 Å². The van der Waals surface area contributed by atoms with Crippen LogP contribution in [0.5, 0.6) is 0 Å². The van der Waals surface area contributed by atoms with Crippen molar-refractivity contribution in [1.29, 1.82) is 0 Å². The van der Waals surface area contributed by atoms with Crippen LogP contribution in [0.2, 0.25) is 0 Å². The summed E-state index contributed by atoms with van der Waals surface area (Å²) in [4.78, 5) is 26.4. The van der Waals surface area contributed by atoms with Gasteiger partial charge in [0.2, 0.25) is 0 Å². The molecule has 2 fully saturated rings. The number of carbonyl (C=O) groups is 1. The van der Waals surface area contributed by atoms with Gasteiger partial charge in [0.1, 0.15) is 12.2 Å². The third-order valence-electron chi connectivity index (χ3n) is 5.30. The number of nitrogens with zero attached hydrogens (tertiary/aromatic N) is 2. The van der Waals surface area contributed by atoms with Crippen LogP contribution in [0.4, 0.5) is 23.7 Å². The van der Waals surface area contributed by atoms with Crippen LogP contribution in [0, 0.1) is 11.3 Å². The van der Waals surface area contributed by atoms with Gasteiger partial charge in [-0.3, -0.25) is 4.79 Å². The predicted octanol–water partition coefficient (Wildman–Crippen LogP) is 3.45. The molecule has 2 heterocycles. The summed E-state index contributed by atoms with van der Waals surface area (Å²) < 4.78 is 38.1. The van der Waals surface area contributed by atoms with Crippen LogP contribution in [-0.4, -0.2) is 34.3 Å². The molecule has 1 aliphatic carbocycles. The summed E-state index contributed by atoms with van der Waals surface area (Å²) in [6, 6.07) is 2.35. The molecule has 1 unspecified atom stereocenters. The Morgan fingerprint density at radius 2 is 2.08 bits per heavy atom. The number of amides is 2. The Morgan fingerprint density at radius 3 is 2.60 bits per heavy atom. The minimum Gasteiger partial charge on any atom is -0.320 e. The first-order valence-electron chi connectivity index (χ1n) is 8.47. The van der Waals surface area contributed by atoms with Crippen LogP contribution in [0.1, 0.15) is 33.1 Å². The maximum atomic E-state index is 12.5. The SMILES string of the molecule is CC(C)C1N(C(=O)Nc2cccn(CC(F)(F)F)c2=O)CC12CCC2. The molecule has 0 aromatic carbocycles. The van der Waals surface area contributed by atoms with Crippen LogP contribution in [0.3, 0.4) is 0 Å². The van der Waals surface area contributed by atoms with Crippen molar-refractivity contribution >= 4 is 11.7 Å². The van der Waals surface area contributed by atoms with Crippen molar-refractivity contribution in [2.75, 3.05) is 11.9 Å². The molecule has 1 spiro atoms. The van der Waals surface area contributed by atoms with E-state index in [1.165, 1.54) is 18.6 Å². The van der Waals surface area contributed by atoms with Crippen molar-refractivity contribution in [2.24, 2.45) is 11.3 Å². The van der Waals surface area contributed by atoms with E-state index in [-0.39, 0.29) is 23.1 Å². The highest BCUT2D eigenvalue weighted by Crippen LogP contribution is 2.55. The average molecular weight is 357 g/mol. The fraction of sp³-hybridized carbons (Fsp3) is 0.647. The van der Waals surface area contributed by atoms with E-state index in [1.807, 2.05) is 0 Å². The van der Waals surface area contributed by atoms with Gasteiger partial charge in [0.05, 0.1) is 0 Å². The maximum Gasteiger partial charge on any atom is 0.406 e. The van der Waals surface area contributed by atoms with E-state index in [4.69, 9.17) is 0 Å². The Hall–Kier alpha value is -1.99. The first-order valence-corrected chi connectivity index (χ1v) is 8.47. The minimum atomic E-state index is -4.50. The second-order valence-electron chi connectivity index (χ2n) is 7.43. The van der Waals surface area contributed by atoms with E-state index >= 15 is 0 Å². The Morgan fingerprint density at radius 1 is 1.40 bits per heavy atom. The largest absolute Gasteiger partial charge is 0.406 e. The van der Waals surface area contributed by atoms with E-state index in [1.54, 1.807) is 4.90 Å². The van der Waals surface area contributed by atoms with Crippen LogP contribution in [-0.2, 0) is 6.54 Å². The summed E-state index contributed by atoms with van der Waals surface area (Å²) >= 11 is 0. The number of aromatic nitrogens is 1. The lowest BCUT2D eigenvalue weighted by Crippen LogP contribution is -2.71. The molecule has 1 atom stereocenters. The molecule has 5 nitrogen and oxygen atoms in total. The van der Waals surface area contributed by atoms with Crippen molar-refractivity contribution < 1.29 is 18.0 Å². The maximum absolute atomic E-state index is 12.5. The quantitative estimate of drug-likeness (QED) is 0.901. The summed E-state index contributed by atoms with van der Waals surface area (Å²) in [7, 11) is 0. The third-order valence-corrected chi connectivity index (χ3v) is 5.30. The molecule has 1 N–H and O–H groups in total. The van der Waals surface area contributed by atoms with Crippen molar-refractivity contribution in [3.8, 4) is 0 Å². The summed E-state index contributed by atoms with van der Waals surface area (Å²) in [5.74, 6) is 0.289. The smallest absolute Gasteiger partial charge is 0.320 e. The minimum absolute atomic E-state index is 0.113. The van der Waals surface area contributed by atoms with Crippen LogP contribution >= 0.6 is 0 Å². The summed E-state index contributed by atoms with van der Waals surface area (Å²) in [6.07, 6.45) is -0.0646. The van der Waals surface area contributed by atoms with Crippen molar-refractivity contribution in [3.05, 3.63) is 28.7 Å². The number of urea groups is 1. The molecule has 138 valence electrons. The normalized spacial score (nSPS) is 21.8. The summed E-state index contributed by atoms with van der Waals surface area (Å²) in [5.41, 5.74) is -0.791. The Balaban J connectivity index is 1.74. The molecule has 1 aromatic heterocycles. The predicted molar refractivity (Wildman–Crippen MR) is 87.4 cm³/mol. The lowest BCUT2D eigenvalue weighted by atomic mass is 9.55. The molecule has 2 aliphatic rings. The zero-order chi connectivity index (χ0) is 18.4. The molecule has 25 heavy (non-hydrogen) atoms. The summed E-state index contributed by atoms with van der Waals surface area (Å²) in [5, 5.41) is 2.50. The third kappa shape index (κ3) is 3.26. The van der Waals surface area contributed by atoms with Crippen molar-refractivity contribution in [1.82, 2.24) is 9.47 Å². The number of pyridine rings is 1. The van der Waals surface area contributed by atoms with Crippen LogP contribution in [0.25, 0.3) is 0 Å². The second kappa shape index (κ2) is 6.07. The molecular formula is C17H22F3N3O2. The van der Waals surface area contributed by atoms with Crippen LogP contribution in [0.15, 0.2) is 23.1 Å². The van der Waals surface area contributed by atoms with Gasteiger partial charge >= 0.3 is 12.2 Å². The number of alkyl halides is 3. The van der Waals surface area contributed by atoms with Crippen LogP contribution < -0.4 is 10.9 Å². The monoisotopic (exact) mass is 357 g/mol. The number of rotatable bonds is 3.